The molecule has 4 nitrogen and oxygen atoms in total. The zero-order valence-electron chi connectivity index (χ0n) is 10.4. The topological polar surface area (TPSA) is 44.4 Å². The summed E-state index contributed by atoms with van der Waals surface area (Å²) < 4.78 is 1.01. The minimum Gasteiger partial charge on any atom is -0.325 e. The second kappa shape index (κ2) is 6.31. The van der Waals surface area contributed by atoms with Crippen molar-refractivity contribution in [3.8, 4) is 0 Å². The second-order valence-electron chi connectivity index (χ2n) is 4.46. The summed E-state index contributed by atoms with van der Waals surface area (Å²) in [6.45, 7) is 5.72. The smallest absolute Gasteiger partial charge is 0.241 e. The maximum Gasteiger partial charge on any atom is 0.241 e. The Hall–Kier alpha value is -0.910. The molecule has 1 unspecified atom stereocenters. The fraction of sp³-hybridized carbons (Fsp3) is 0.462. The summed E-state index contributed by atoms with van der Waals surface area (Å²) in [4.78, 5) is 14.3. The van der Waals surface area contributed by atoms with E-state index in [-0.39, 0.29) is 11.9 Å². The Balaban J connectivity index is 1.92. The summed E-state index contributed by atoms with van der Waals surface area (Å²) in [5.41, 5.74) is 0.838. The fourth-order valence-corrected chi connectivity index (χ4v) is 2.28. The molecule has 1 aromatic rings. The summed E-state index contributed by atoms with van der Waals surface area (Å²) in [7, 11) is 0. The lowest BCUT2D eigenvalue weighted by molar-refractivity contribution is -0.120. The summed E-state index contributed by atoms with van der Waals surface area (Å²) >= 11 is 3.38. The lowest BCUT2D eigenvalue weighted by atomic mass is 10.2. The monoisotopic (exact) mass is 311 g/mol. The highest BCUT2D eigenvalue weighted by Gasteiger charge is 2.22. The predicted octanol–water partition coefficient (Wildman–Crippen LogP) is 1.68. The van der Waals surface area contributed by atoms with Crippen LogP contribution in [0.4, 0.5) is 5.69 Å². The van der Waals surface area contributed by atoms with Gasteiger partial charge in [0.05, 0.1) is 6.04 Å². The van der Waals surface area contributed by atoms with E-state index in [1.165, 1.54) is 0 Å². The van der Waals surface area contributed by atoms with Gasteiger partial charge in [-0.25, -0.2) is 0 Å². The summed E-state index contributed by atoms with van der Waals surface area (Å²) in [5, 5.41) is 6.23. The van der Waals surface area contributed by atoms with Crippen molar-refractivity contribution in [2.75, 3.05) is 31.5 Å². The number of rotatable bonds is 3. The van der Waals surface area contributed by atoms with E-state index in [2.05, 4.69) is 31.5 Å². The molecule has 0 saturated carbocycles. The highest BCUT2D eigenvalue weighted by Crippen LogP contribution is 2.15. The minimum absolute atomic E-state index is 0.0548. The van der Waals surface area contributed by atoms with Gasteiger partial charge in [0.2, 0.25) is 5.91 Å². The molecule has 1 heterocycles. The van der Waals surface area contributed by atoms with Gasteiger partial charge < -0.3 is 10.6 Å². The van der Waals surface area contributed by atoms with Crippen LogP contribution in [0, 0.1) is 0 Å². The summed E-state index contributed by atoms with van der Waals surface area (Å²) in [5.74, 6) is 0.0548. The van der Waals surface area contributed by atoms with Crippen molar-refractivity contribution in [3.05, 3.63) is 28.7 Å². The molecule has 1 fully saturated rings. The van der Waals surface area contributed by atoms with Gasteiger partial charge in [-0.1, -0.05) is 15.9 Å². The lowest BCUT2D eigenvalue weighted by Crippen LogP contribution is -2.51. The average Bonchev–Trinajstić information content (AvgIpc) is 2.41. The molecule has 0 spiro atoms. The Morgan fingerprint density at radius 3 is 2.56 bits per heavy atom. The molecular weight excluding hydrogens is 294 g/mol. The van der Waals surface area contributed by atoms with Crippen molar-refractivity contribution >= 4 is 27.5 Å². The van der Waals surface area contributed by atoms with Gasteiger partial charge in [-0.05, 0) is 31.2 Å². The van der Waals surface area contributed by atoms with Crippen LogP contribution in [0.1, 0.15) is 6.92 Å². The molecule has 18 heavy (non-hydrogen) atoms. The number of nitrogens with one attached hydrogen (secondary N) is 2. The van der Waals surface area contributed by atoms with Crippen molar-refractivity contribution in [1.82, 2.24) is 10.2 Å². The van der Waals surface area contributed by atoms with Crippen LogP contribution in [0.2, 0.25) is 0 Å². The Morgan fingerprint density at radius 2 is 1.94 bits per heavy atom. The molecule has 5 heteroatoms. The van der Waals surface area contributed by atoms with E-state index in [0.717, 1.165) is 36.3 Å². The van der Waals surface area contributed by atoms with Crippen LogP contribution in [-0.2, 0) is 4.79 Å². The molecule has 2 N–H and O–H groups in total. The third kappa shape index (κ3) is 3.54. The van der Waals surface area contributed by atoms with Gasteiger partial charge in [0.15, 0.2) is 0 Å². The highest BCUT2D eigenvalue weighted by atomic mass is 79.9. The summed E-state index contributed by atoms with van der Waals surface area (Å²) in [6.07, 6.45) is 0. The van der Waals surface area contributed by atoms with Crippen molar-refractivity contribution in [2.24, 2.45) is 0 Å². The first-order chi connectivity index (χ1) is 8.66. The SMILES string of the molecule is CC(C(=O)Nc1ccc(Br)cc1)N1CCNCC1. The van der Waals surface area contributed by atoms with E-state index in [0.29, 0.717) is 0 Å². The van der Waals surface area contributed by atoms with Gasteiger partial charge in [0.1, 0.15) is 0 Å². The van der Waals surface area contributed by atoms with Crippen molar-refractivity contribution in [3.63, 3.8) is 0 Å². The van der Waals surface area contributed by atoms with Crippen molar-refractivity contribution in [1.29, 1.82) is 0 Å². The van der Waals surface area contributed by atoms with Gasteiger partial charge >= 0.3 is 0 Å². The van der Waals surface area contributed by atoms with Crippen LogP contribution in [0.15, 0.2) is 28.7 Å². The summed E-state index contributed by atoms with van der Waals surface area (Å²) in [6, 6.07) is 7.55. The third-order valence-electron chi connectivity index (χ3n) is 3.19. The van der Waals surface area contributed by atoms with E-state index in [9.17, 15) is 4.79 Å². The van der Waals surface area contributed by atoms with Crippen LogP contribution in [0.3, 0.4) is 0 Å². The number of halogens is 1. The molecule has 0 bridgehead atoms. The highest BCUT2D eigenvalue weighted by molar-refractivity contribution is 9.10. The van der Waals surface area contributed by atoms with Crippen LogP contribution < -0.4 is 10.6 Å². The molecular formula is C13H18BrN3O. The van der Waals surface area contributed by atoms with Gasteiger partial charge in [0, 0.05) is 36.3 Å². The van der Waals surface area contributed by atoms with Gasteiger partial charge in [-0.15, -0.1) is 0 Å². The molecule has 1 saturated heterocycles. The number of benzene rings is 1. The standard InChI is InChI=1S/C13H18BrN3O/c1-10(17-8-6-15-7-9-17)13(18)16-12-4-2-11(14)3-5-12/h2-5,10,15H,6-9H2,1H3,(H,16,18). The first-order valence-corrected chi connectivity index (χ1v) is 6.97. The largest absolute Gasteiger partial charge is 0.325 e. The Bertz CT molecular complexity index is 401. The quantitative estimate of drug-likeness (QED) is 0.892. The van der Waals surface area contributed by atoms with E-state index >= 15 is 0 Å². The average molecular weight is 312 g/mol. The van der Waals surface area contributed by atoms with E-state index < -0.39 is 0 Å². The van der Waals surface area contributed by atoms with E-state index in [1.807, 2.05) is 31.2 Å². The van der Waals surface area contributed by atoms with Gasteiger partial charge in [0.25, 0.3) is 0 Å². The van der Waals surface area contributed by atoms with E-state index in [4.69, 9.17) is 0 Å². The molecule has 1 aliphatic rings. The molecule has 98 valence electrons. The van der Waals surface area contributed by atoms with Crippen LogP contribution in [-0.4, -0.2) is 43.0 Å². The maximum atomic E-state index is 12.1. The molecule has 0 radical (unpaired) electrons. The van der Waals surface area contributed by atoms with Crippen LogP contribution >= 0.6 is 15.9 Å². The Labute approximate surface area is 116 Å². The first-order valence-electron chi connectivity index (χ1n) is 6.18. The van der Waals surface area contributed by atoms with Gasteiger partial charge in [-0.3, -0.25) is 9.69 Å². The molecule has 1 aromatic carbocycles. The lowest BCUT2D eigenvalue weighted by Gasteiger charge is -2.31. The molecule has 2 rings (SSSR count). The number of nitrogens with zero attached hydrogens (tertiary/aromatic N) is 1. The van der Waals surface area contributed by atoms with Crippen LogP contribution in [0.25, 0.3) is 0 Å². The maximum absolute atomic E-state index is 12.1. The molecule has 1 atom stereocenters. The van der Waals surface area contributed by atoms with Crippen LogP contribution in [0.5, 0.6) is 0 Å². The Kier molecular flexibility index (Phi) is 4.74. The van der Waals surface area contributed by atoms with Gasteiger partial charge in [-0.2, -0.15) is 0 Å². The normalized spacial score (nSPS) is 18.3. The molecule has 0 aliphatic carbocycles. The number of piperazine rings is 1. The molecule has 1 amide bonds. The predicted molar refractivity (Wildman–Crippen MR) is 76.7 cm³/mol. The van der Waals surface area contributed by atoms with Crippen molar-refractivity contribution in [2.45, 2.75) is 13.0 Å². The third-order valence-corrected chi connectivity index (χ3v) is 3.72. The zero-order valence-corrected chi connectivity index (χ0v) is 12.0. The van der Waals surface area contributed by atoms with Crippen molar-refractivity contribution < 1.29 is 4.79 Å². The number of carbonyl (C=O) groups is 1. The second-order valence-corrected chi connectivity index (χ2v) is 5.37. The minimum atomic E-state index is -0.0873. The number of anilines is 1. The number of amides is 1. The zero-order chi connectivity index (χ0) is 13.0. The number of carbonyl (C=O) groups excluding carboxylic acids is 1. The fourth-order valence-electron chi connectivity index (χ4n) is 2.02. The Morgan fingerprint density at radius 1 is 1.33 bits per heavy atom. The number of hydrogen-bond acceptors (Lipinski definition) is 3. The first kappa shape index (κ1) is 13.5. The van der Waals surface area contributed by atoms with E-state index in [1.54, 1.807) is 0 Å². The number of hydrogen-bond donors (Lipinski definition) is 2. The molecule has 1 aliphatic heterocycles. The molecule has 0 aromatic heterocycles.